The first-order chi connectivity index (χ1) is 8.27. The predicted octanol–water partition coefficient (Wildman–Crippen LogP) is 2.92. The molecule has 0 spiro atoms. The minimum atomic E-state index is 0.134. The highest BCUT2D eigenvalue weighted by atomic mass is 16.2. The maximum absolute atomic E-state index is 12.0. The number of carbonyl (C=O) groups is 1. The maximum Gasteiger partial charge on any atom is 0.253 e. The molecule has 1 aromatic carbocycles. The minimum Gasteiger partial charge on any atom is -0.399 e. The zero-order chi connectivity index (χ0) is 12.7. The molecular formula is C14H22N2O. The van der Waals surface area contributed by atoms with Gasteiger partial charge in [-0.15, -0.1) is 0 Å². The summed E-state index contributed by atoms with van der Waals surface area (Å²) in [7, 11) is 0. The molecule has 17 heavy (non-hydrogen) atoms. The van der Waals surface area contributed by atoms with Crippen molar-refractivity contribution in [3.05, 3.63) is 29.8 Å². The van der Waals surface area contributed by atoms with E-state index in [-0.39, 0.29) is 5.91 Å². The van der Waals surface area contributed by atoms with Crippen LogP contribution in [0.5, 0.6) is 0 Å². The maximum atomic E-state index is 12.0. The molecule has 1 aliphatic heterocycles. The number of hydrogen-bond acceptors (Lipinski definition) is 2. The van der Waals surface area contributed by atoms with E-state index in [0.717, 1.165) is 31.5 Å². The van der Waals surface area contributed by atoms with Gasteiger partial charge in [0.15, 0.2) is 0 Å². The molecule has 94 valence electrons. The number of benzene rings is 1. The first kappa shape index (κ1) is 13.6. The molecule has 1 amide bonds. The van der Waals surface area contributed by atoms with Gasteiger partial charge >= 0.3 is 0 Å². The van der Waals surface area contributed by atoms with Crippen molar-refractivity contribution in [1.82, 2.24) is 4.90 Å². The molecule has 0 aromatic heterocycles. The van der Waals surface area contributed by atoms with Crippen molar-refractivity contribution in [2.24, 2.45) is 0 Å². The fourth-order valence-electron chi connectivity index (χ4n) is 1.91. The Labute approximate surface area is 104 Å². The van der Waals surface area contributed by atoms with Crippen LogP contribution in [0.25, 0.3) is 0 Å². The van der Waals surface area contributed by atoms with Crippen molar-refractivity contribution in [3.63, 3.8) is 0 Å². The summed E-state index contributed by atoms with van der Waals surface area (Å²) in [6.07, 6.45) is 3.49. The van der Waals surface area contributed by atoms with Crippen molar-refractivity contribution in [1.29, 1.82) is 0 Å². The van der Waals surface area contributed by atoms with Crippen molar-refractivity contribution in [2.45, 2.75) is 33.1 Å². The standard InChI is InChI=1S/C12H16N2O.C2H6/c13-11-6-4-10(5-7-11)12(15)14-8-2-1-3-9-14;1-2/h4-7H,1-3,8-9,13H2;1-2H3. The summed E-state index contributed by atoms with van der Waals surface area (Å²) in [6, 6.07) is 7.15. The Kier molecular flexibility index (Phi) is 5.53. The van der Waals surface area contributed by atoms with Crippen LogP contribution in [0.1, 0.15) is 43.5 Å². The van der Waals surface area contributed by atoms with Crippen LogP contribution in [0.15, 0.2) is 24.3 Å². The lowest BCUT2D eigenvalue weighted by Crippen LogP contribution is -2.35. The first-order valence-corrected chi connectivity index (χ1v) is 6.42. The van der Waals surface area contributed by atoms with E-state index in [9.17, 15) is 4.79 Å². The summed E-state index contributed by atoms with van der Waals surface area (Å²) in [4.78, 5) is 13.9. The van der Waals surface area contributed by atoms with Gasteiger partial charge in [-0.3, -0.25) is 4.79 Å². The van der Waals surface area contributed by atoms with Crippen LogP contribution in [-0.2, 0) is 0 Å². The second-order valence-corrected chi connectivity index (χ2v) is 3.97. The Morgan fingerprint density at radius 1 is 1.06 bits per heavy atom. The normalized spacial score (nSPS) is 14.8. The molecule has 2 rings (SSSR count). The number of nitrogens with two attached hydrogens (primary N) is 1. The van der Waals surface area contributed by atoms with Gasteiger partial charge in [0.05, 0.1) is 0 Å². The number of amides is 1. The fraction of sp³-hybridized carbons (Fsp3) is 0.500. The average molecular weight is 234 g/mol. The monoisotopic (exact) mass is 234 g/mol. The molecule has 0 radical (unpaired) electrons. The molecule has 0 bridgehead atoms. The zero-order valence-electron chi connectivity index (χ0n) is 10.8. The van der Waals surface area contributed by atoms with Gasteiger partial charge in [0, 0.05) is 24.3 Å². The van der Waals surface area contributed by atoms with Crippen LogP contribution in [0.2, 0.25) is 0 Å². The van der Waals surface area contributed by atoms with E-state index >= 15 is 0 Å². The largest absolute Gasteiger partial charge is 0.399 e. The van der Waals surface area contributed by atoms with Gasteiger partial charge in [-0.2, -0.15) is 0 Å². The molecule has 0 aliphatic carbocycles. The predicted molar refractivity (Wildman–Crippen MR) is 72.0 cm³/mol. The summed E-state index contributed by atoms with van der Waals surface area (Å²) in [5.74, 6) is 0.134. The van der Waals surface area contributed by atoms with E-state index in [4.69, 9.17) is 5.73 Å². The Hall–Kier alpha value is -1.51. The molecular weight excluding hydrogens is 212 g/mol. The van der Waals surface area contributed by atoms with Gasteiger partial charge in [0.2, 0.25) is 0 Å². The molecule has 0 atom stereocenters. The molecule has 1 aliphatic rings. The number of nitrogen functional groups attached to an aromatic ring is 1. The Morgan fingerprint density at radius 3 is 2.12 bits per heavy atom. The first-order valence-electron chi connectivity index (χ1n) is 6.42. The summed E-state index contributed by atoms with van der Waals surface area (Å²) < 4.78 is 0. The van der Waals surface area contributed by atoms with Gasteiger partial charge in [-0.1, -0.05) is 13.8 Å². The van der Waals surface area contributed by atoms with Crippen LogP contribution in [0, 0.1) is 0 Å². The minimum absolute atomic E-state index is 0.134. The molecule has 3 nitrogen and oxygen atoms in total. The van der Waals surface area contributed by atoms with Crippen molar-refractivity contribution < 1.29 is 4.79 Å². The second kappa shape index (κ2) is 6.94. The summed E-state index contributed by atoms with van der Waals surface area (Å²) >= 11 is 0. The third kappa shape index (κ3) is 3.77. The van der Waals surface area contributed by atoms with Gasteiger partial charge in [0.1, 0.15) is 0 Å². The molecule has 0 unspecified atom stereocenters. The van der Waals surface area contributed by atoms with E-state index in [1.165, 1.54) is 6.42 Å². The zero-order valence-corrected chi connectivity index (χ0v) is 10.8. The van der Waals surface area contributed by atoms with Crippen LogP contribution in [-0.4, -0.2) is 23.9 Å². The molecule has 1 saturated heterocycles. The van der Waals surface area contributed by atoms with Crippen molar-refractivity contribution in [2.75, 3.05) is 18.8 Å². The van der Waals surface area contributed by atoms with Gasteiger partial charge in [-0.25, -0.2) is 0 Å². The van der Waals surface area contributed by atoms with Crippen LogP contribution >= 0.6 is 0 Å². The van der Waals surface area contributed by atoms with Crippen LogP contribution in [0.4, 0.5) is 5.69 Å². The van der Waals surface area contributed by atoms with E-state index in [2.05, 4.69) is 0 Å². The third-order valence-electron chi connectivity index (χ3n) is 2.80. The van der Waals surface area contributed by atoms with Crippen LogP contribution in [0.3, 0.4) is 0 Å². The smallest absolute Gasteiger partial charge is 0.253 e. The average Bonchev–Trinajstić information content (AvgIpc) is 2.42. The number of piperidine rings is 1. The number of likely N-dealkylation sites (tertiary alicyclic amines) is 1. The Bertz CT molecular complexity index is 340. The Morgan fingerprint density at radius 2 is 1.59 bits per heavy atom. The van der Waals surface area contributed by atoms with E-state index in [0.29, 0.717) is 5.69 Å². The molecule has 2 N–H and O–H groups in total. The lowest BCUT2D eigenvalue weighted by Gasteiger charge is -2.26. The highest BCUT2D eigenvalue weighted by molar-refractivity contribution is 5.94. The fourth-order valence-corrected chi connectivity index (χ4v) is 1.91. The summed E-state index contributed by atoms with van der Waals surface area (Å²) in [5, 5.41) is 0. The summed E-state index contributed by atoms with van der Waals surface area (Å²) in [6.45, 7) is 5.78. The van der Waals surface area contributed by atoms with Gasteiger partial charge in [0.25, 0.3) is 5.91 Å². The molecule has 0 saturated carbocycles. The number of rotatable bonds is 1. The van der Waals surface area contributed by atoms with Crippen molar-refractivity contribution >= 4 is 11.6 Å². The number of carbonyl (C=O) groups excluding carboxylic acids is 1. The van der Waals surface area contributed by atoms with Gasteiger partial charge < -0.3 is 10.6 Å². The topological polar surface area (TPSA) is 46.3 Å². The van der Waals surface area contributed by atoms with E-state index in [1.807, 2.05) is 18.7 Å². The molecule has 3 heteroatoms. The number of anilines is 1. The highest BCUT2D eigenvalue weighted by Gasteiger charge is 2.17. The van der Waals surface area contributed by atoms with E-state index in [1.54, 1.807) is 24.3 Å². The molecule has 1 heterocycles. The van der Waals surface area contributed by atoms with Gasteiger partial charge in [-0.05, 0) is 43.5 Å². The summed E-state index contributed by atoms with van der Waals surface area (Å²) in [5.41, 5.74) is 7.02. The number of nitrogens with zero attached hydrogens (tertiary/aromatic N) is 1. The lowest BCUT2D eigenvalue weighted by molar-refractivity contribution is 0.0724. The third-order valence-corrected chi connectivity index (χ3v) is 2.80. The number of hydrogen-bond donors (Lipinski definition) is 1. The molecule has 1 fully saturated rings. The van der Waals surface area contributed by atoms with E-state index < -0.39 is 0 Å². The van der Waals surface area contributed by atoms with Crippen LogP contribution < -0.4 is 5.73 Å². The SMILES string of the molecule is CC.Nc1ccc(C(=O)N2CCCCC2)cc1. The van der Waals surface area contributed by atoms with Crippen molar-refractivity contribution in [3.8, 4) is 0 Å². The lowest BCUT2D eigenvalue weighted by atomic mass is 10.1. The molecule has 1 aromatic rings. The second-order valence-electron chi connectivity index (χ2n) is 3.97. The Balaban J connectivity index is 0.000000686. The highest BCUT2D eigenvalue weighted by Crippen LogP contribution is 2.14. The quantitative estimate of drug-likeness (QED) is 0.759.